The molecule has 0 aliphatic heterocycles. The topological polar surface area (TPSA) is 135 Å². The van der Waals surface area contributed by atoms with E-state index in [0.717, 1.165) is 0 Å². The van der Waals surface area contributed by atoms with Crippen LogP contribution in [0.3, 0.4) is 0 Å². The van der Waals surface area contributed by atoms with Crippen molar-refractivity contribution in [3.63, 3.8) is 0 Å². The third-order valence-corrected chi connectivity index (χ3v) is 7.00. The van der Waals surface area contributed by atoms with Crippen molar-refractivity contribution in [3.05, 3.63) is 47.4 Å². The van der Waals surface area contributed by atoms with Crippen LogP contribution in [0, 0.1) is 12.9 Å². The average molecular weight is 587 g/mol. The number of halogens is 3. The van der Waals surface area contributed by atoms with Crippen molar-refractivity contribution in [1.29, 1.82) is 0 Å². The van der Waals surface area contributed by atoms with Gasteiger partial charge in [-0.2, -0.15) is 14.6 Å². The van der Waals surface area contributed by atoms with Crippen LogP contribution in [0.1, 0.15) is 48.1 Å². The molecule has 1 unspecified atom stereocenters. The van der Waals surface area contributed by atoms with Crippen molar-refractivity contribution >= 4 is 51.6 Å². The Morgan fingerprint density at radius 3 is 2.66 bits per heavy atom. The Kier molecular flexibility index (Phi) is 10.8. The molecule has 0 spiro atoms. The number of aryl methyl sites for hydroxylation is 3. The van der Waals surface area contributed by atoms with Gasteiger partial charge in [-0.3, -0.25) is 23.6 Å². The Morgan fingerprint density at radius 1 is 1.24 bits per heavy atom. The lowest BCUT2D eigenvalue weighted by atomic mass is 10.0. The molecule has 0 fully saturated rings. The van der Waals surface area contributed by atoms with Gasteiger partial charge in [-0.25, -0.2) is 4.98 Å². The smallest absolute Gasteiger partial charge is 0.270 e. The first-order chi connectivity index (χ1) is 18.1. The monoisotopic (exact) mass is 585 g/mol. The third kappa shape index (κ3) is 7.84. The summed E-state index contributed by atoms with van der Waals surface area (Å²) in [6, 6.07) is 3.55. The molecule has 3 aromatic heterocycles. The SMILES string of the molecule is CCc1n[nH]c(C)c1-c1ccc(NC(=O)[C@H](CCCC(Cl)Cl)NC(=O)c2ccnn2CCS(C)=O)nc1F. The molecule has 2 atom stereocenters. The summed E-state index contributed by atoms with van der Waals surface area (Å²) >= 11 is 11.7. The average Bonchev–Trinajstić information content (AvgIpc) is 3.48. The lowest BCUT2D eigenvalue weighted by Gasteiger charge is -2.19. The molecule has 0 saturated carbocycles. The van der Waals surface area contributed by atoms with Crippen LogP contribution in [0.5, 0.6) is 0 Å². The summed E-state index contributed by atoms with van der Waals surface area (Å²) < 4.78 is 27.9. The standard InChI is InChI=1S/C24H30Cl2FN7O3S/c1-4-16-21(14(2)32-33-16)15-8-9-20(30-22(15)27)31-23(35)17(6-5-7-19(25)26)29-24(36)18-10-11-28-34(18)12-13-38(3)37/h8-11,17,19H,4-7,12-13H2,1-3H3,(H,29,36)(H,32,33)(H,30,31,35)/t17-,38?/m0/s1. The van der Waals surface area contributed by atoms with E-state index in [1.807, 2.05) is 6.92 Å². The maximum absolute atomic E-state index is 15.0. The number of aromatic amines is 1. The fourth-order valence-corrected chi connectivity index (χ4v) is 4.63. The molecule has 0 aliphatic rings. The minimum Gasteiger partial charge on any atom is -0.339 e. The molecular formula is C24H30Cl2FN7O3S. The number of amides is 2. The van der Waals surface area contributed by atoms with Gasteiger partial charge in [0.1, 0.15) is 22.4 Å². The minimum atomic E-state index is -1.06. The number of nitrogens with one attached hydrogen (secondary N) is 3. The number of H-pyrrole nitrogens is 1. The van der Waals surface area contributed by atoms with Crippen molar-refractivity contribution in [1.82, 2.24) is 30.3 Å². The summed E-state index contributed by atoms with van der Waals surface area (Å²) in [6.45, 7) is 3.99. The molecule has 3 aromatic rings. The minimum absolute atomic E-state index is 0.00211. The second-order valence-corrected chi connectivity index (χ2v) is 11.4. The highest BCUT2D eigenvalue weighted by Crippen LogP contribution is 2.28. The highest BCUT2D eigenvalue weighted by Gasteiger charge is 2.24. The third-order valence-electron chi connectivity index (χ3n) is 5.80. The molecule has 14 heteroatoms. The number of rotatable bonds is 13. The maximum Gasteiger partial charge on any atom is 0.270 e. The molecular weight excluding hydrogens is 556 g/mol. The predicted molar refractivity (Wildman–Crippen MR) is 146 cm³/mol. The van der Waals surface area contributed by atoms with Crippen LogP contribution in [-0.4, -0.2) is 63.9 Å². The Labute approximate surface area is 232 Å². The summed E-state index contributed by atoms with van der Waals surface area (Å²) in [5.74, 6) is -1.54. The van der Waals surface area contributed by atoms with Crippen LogP contribution in [0.2, 0.25) is 0 Å². The van der Waals surface area contributed by atoms with Gasteiger partial charge >= 0.3 is 0 Å². The Balaban J connectivity index is 1.76. The highest BCUT2D eigenvalue weighted by atomic mass is 35.5. The molecule has 38 heavy (non-hydrogen) atoms. The number of alkyl halides is 2. The van der Waals surface area contributed by atoms with E-state index in [1.54, 1.807) is 13.2 Å². The number of hydrogen-bond donors (Lipinski definition) is 3. The van der Waals surface area contributed by atoms with Crippen LogP contribution in [0.25, 0.3) is 11.1 Å². The van der Waals surface area contributed by atoms with Gasteiger partial charge in [0.25, 0.3) is 5.91 Å². The molecule has 3 heterocycles. The first-order valence-electron chi connectivity index (χ1n) is 12.0. The first kappa shape index (κ1) is 29.7. The number of aromatic nitrogens is 5. The molecule has 206 valence electrons. The molecule has 3 rings (SSSR count). The lowest BCUT2D eigenvalue weighted by Crippen LogP contribution is -2.44. The quantitative estimate of drug-likeness (QED) is 0.206. The summed E-state index contributed by atoms with van der Waals surface area (Å²) in [7, 11) is -1.06. The summed E-state index contributed by atoms with van der Waals surface area (Å²) in [6.07, 6.45) is 4.72. The zero-order valence-electron chi connectivity index (χ0n) is 21.3. The van der Waals surface area contributed by atoms with Gasteiger partial charge in [-0.15, -0.1) is 23.2 Å². The summed E-state index contributed by atoms with van der Waals surface area (Å²) in [5, 5.41) is 16.4. The predicted octanol–water partition coefficient (Wildman–Crippen LogP) is 3.77. The highest BCUT2D eigenvalue weighted by molar-refractivity contribution is 7.84. The molecule has 0 bridgehead atoms. The van der Waals surface area contributed by atoms with E-state index in [-0.39, 0.29) is 30.0 Å². The van der Waals surface area contributed by atoms with E-state index in [9.17, 15) is 18.2 Å². The molecule has 0 aromatic carbocycles. The molecule has 0 radical (unpaired) electrons. The fraction of sp³-hybridized carbons (Fsp3) is 0.458. The van der Waals surface area contributed by atoms with E-state index < -0.39 is 39.4 Å². The number of carbonyl (C=O) groups is 2. The number of pyridine rings is 1. The van der Waals surface area contributed by atoms with Crippen molar-refractivity contribution in [2.45, 2.75) is 57.0 Å². The van der Waals surface area contributed by atoms with Crippen LogP contribution >= 0.6 is 23.2 Å². The number of hydrogen-bond acceptors (Lipinski definition) is 6. The van der Waals surface area contributed by atoms with Crippen LogP contribution in [0.15, 0.2) is 24.4 Å². The number of anilines is 1. The maximum atomic E-state index is 15.0. The van der Waals surface area contributed by atoms with Gasteiger partial charge in [0, 0.05) is 45.8 Å². The van der Waals surface area contributed by atoms with Gasteiger partial charge in [0.05, 0.1) is 12.2 Å². The van der Waals surface area contributed by atoms with Gasteiger partial charge in [0.15, 0.2) is 0 Å². The fourth-order valence-electron chi connectivity index (χ4n) is 3.89. The van der Waals surface area contributed by atoms with E-state index in [1.165, 1.54) is 29.1 Å². The molecule has 0 aliphatic carbocycles. The molecule has 10 nitrogen and oxygen atoms in total. The van der Waals surface area contributed by atoms with Crippen molar-refractivity contribution in [3.8, 4) is 11.1 Å². The van der Waals surface area contributed by atoms with E-state index in [4.69, 9.17) is 23.2 Å². The number of carbonyl (C=O) groups excluding carboxylic acids is 2. The molecule has 3 N–H and O–H groups in total. The van der Waals surface area contributed by atoms with Crippen molar-refractivity contribution in [2.24, 2.45) is 0 Å². The Morgan fingerprint density at radius 2 is 2.00 bits per heavy atom. The normalized spacial score (nSPS) is 12.9. The zero-order valence-corrected chi connectivity index (χ0v) is 23.6. The molecule has 2 amide bonds. The van der Waals surface area contributed by atoms with Crippen molar-refractivity contribution < 1.29 is 18.2 Å². The van der Waals surface area contributed by atoms with Gasteiger partial charge < -0.3 is 10.6 Å². The second kappa shape index (κ2) is 13.8. The first-order valence-corrected chi connectivity index (χ1v) is 14.6. The summed E-state index contributed by atoms with van der Waals surface area (Å²) in [5.41, 5.74) is 2.55. The van der Waals surface area contributed by atoms with Crippen LogP contribution in [-0.2, 0) is 28.6 Å². The lowest BCUT2D eigenvalue weighted by molar-refractivity contribution is -0.118. The van der Waals surface area contributed by atoms with Gasteiger partial charge in [-0.1, -0.05) is 6.92 Å². The molecule has 0 saturated heterocycles. The second-order valence-electron chi connectivity index (χ2n) is 8.61. The van der Waals surface area contributed by atoms with Gasteiger partial charge in [0.2, 0.25) is 11.9 Å². The summed E-state index contributed by atoms with van der Waals surface area (Å²) in [4.78, 5) is 29.4. The van der Waals surface area contributed by atoms with E-state index >= 15 is 0 Å². The largest absolute Gasteiger partial charge is 0.339 e. The Bertz CT molecular complexity index is 1300. The Hall–Kier alpha value is -2.83. The van der Waals surface area contributed by atoms with E-state index in [2.05, 4.69) is 30.9 Å². The number of nitrogens with zero attached hydrogens (tertiary/aromatic N) is 4. The van der Waals surface area contributed by atoms with Gasteiger partial charge in [-0.05, 0) is 50.8 Å². The van der Waals surface area contributed by atoms with E-state index in [0.29, 0.717) is 42.0 Å². The van der Waals surface area contributed by atoms with Crippen molar-refractivity contribution in [2.75, 3.05) is 17.3 Å². The van der Waals surface area contributed by atoms with Crippen LogP contribution in [0.4, 0.5) is 10.2 Å². The van der Waals surface area contributed by atoms with Crippen LogP contribution < -0.4 is 10.6 Å². The zero-order chi connectivity index (χ0) is 27.8.